The first-order chi connectivity index (χ1) is 7.70. The number of nitrogens with zero attached hydrogens (tertiary/aromatic N) is 3. The predicted molar refractivity (Wildman–Crippen MR) is 63.6 cm³/mol. The number of nitrogens with one attached hydrogen (secondary N) is 1. The minimum Gasteiger partial charge on any atom is -0.313 e. The van der Waals surface area contributed by atoms with E-state index in [4.69, 9.17) is 0 Å². The van der Waals surface area contributed by atoms with E-state index in [9.17, 15) is 0 Å². The maximum absolute atomic E-state index is 4.44. The lowest BCUT2D eigenvalue weighted by Crippen LogP contribution is -2.07. The third kappa shape index (κ3) is 2.12. The highest BCUT2D eigenvalue weighted by atomic mass is 15.4. The summed E-state index contributed by atoms with van der Waals surface area (Å²) >= 11 is 0. The summed E-state index contributed by atoms with van der Waals surface area (Å²) in [5, 5.41) is 7.49. The molecule has 0 atom stereocenters. The summed E-state index contributed by atoms with van der Waals surface area (Å²) in [4.78, 5) is 4.39. The first-order valence-corrected chi connectivity index (χ1v) is 5.35. The summed E-state index contributed by atoms with van der Waals surface area (Å²) in [6.45, 7) is 4.73. The second-order valence-corrected chi connectivity index (χ2v) is 3.85. The summed E-state index contributed by atoms with van der Waals surface area (Å²) < 4.78 is 1.87. The average Bonchev–Trinajstić information content (AvgIpc) is 2.61. The molecule has 4 heteroatoms. The molecule has 2 rings (SSSR count). The van der Waals surface area contributed by atoms with Gasteiger partial charge in [-0.15, -0.1) is 5.10 Å². The lowest BCUT2D eigenvalue weighted by atomic mass is 10.2. The molecule has 0 radical (unpaired) electrons. The van der Waals surface area contributed by atoms with Crippen molar-refractivity contribution in [2.24, 2.45) is 0 Å². The molecule has 0 amide bonds. The van der Waals surface area contributed by atoms with Gasteiger partial charge in [-0.05, 0) is 33.0 Å². The Balaban J connectivity index is 2.36. The number of aryl methyl sites for hydroxylation is 2. The van der Waals surface area contributed by atoms with Gasteiger partial charge in [-0.25, -0.2) is 9.67 Å². The van der Waals surface area contributed by atoms with Gasteiger partial charge in [0.2, 0.25) is 0 Å². The molecule has 0 saturated carbocycles. The van der Waals surface area contributed by atoms with Crippen LogP contribution in [0, 0.1) is 13.8 Å². The van der Waals surface area contributed by atoms with Crippen LogP contribution in [0.2, 0.25) is 0 Å². The number of hydrogen-bond acceptors (Lipinski definition) is 3. The van der Waals surface area contributed by atoms with Crippen LogP contribution in [-0.4, -0.2) is 21.8 Å². The van der Waals surface area contributed by atoms with Crippen LogP contribution < -0.4 is 5.32 Å². The molecule has 0 aliphatic heterocycles. The molecule has 2 aromatic rings. The fourth-order valence-corrected chi connectivity index (χ4v) is 1.61. The van der Waals surface area contributed by atoms with Crippen LogP contribution >= 0.6 is 0 Å². The molecule has 1 aromatic heterocycles. The highest BCUT2D eigenvalue weighted by Crippen LogP contribution is 2.10. The topological polar surface area (TPSA) is 42.7 Å². The van der Waals surface area contributed by atoms with Gasteiger partial charge in [0.1, 0.15) is 5.82 Å². The minimum atomic E-state index is 0.694. The van der Waals surface area contributed by atoms with E-state index in [1.165, 1.54) is 5.56 Å². The first kappa shape index (κ1) is 10.8. The van der Waals surface area contributed by atoms with Crippen molar-refractivity contribution in [2.75, 3.05) is 7.05 Å². The van der Waals surface area contributed by atoms with E-state index < -0.39 is 0 Å². The molecule has 4 nitrogen and oxygen atoms in total. The molecule has 0 fully saturated rings. The zero-order chi connectivity index (χ0) is 11.5. The summed E-state index contributed by atoms with van der Waals surface area (Å²) in [5.41, 5.74) is 2.30. The Hall–Kier alpha value is -1.68. The van der Waals surface area contributed by atoms with Crippen LogP contribution in [-0.2, 0) is 6.54 Å². The van der Waals surface area contributed by atoms with Crippen molar-refractivity contribution in [1.82, 2.24) is 20.1 Å². The maximum Gasteiger partial charge on any atom is 0.165 e. The van der Waals surface area contributed by atoms with E-state index in [-0.39, 0.29) is 0 Å². The van der Waals surface area contributed by atoms with E-state index in [0.717, 1.165) is 17.3 Å². The molecule has 0 aliphatic rings. The lowest BCUT2D eigenvalue weighted by Gasteiger charge is -2.02. The zero-order valence-electron chi connectivity index (χ0n) is 9.86. The van der Waals surface area contributed by atoms with Crippen molar-refractivity contribution < 1.29 is 0 Å². The molecule has 84 valence electrons. The molecule has 0 unspecified atom stereocenters. The van der Waals surface area contributed by atoms with E-state index in [1.807, 2.05) is 18.7 Å². The number of aromatic nitrogens is 3. The molecule has 1 aromatic carbocycles. The molecule has 1 N–H and O–H groups in total. The minimum absolute atomic E-state index is 0.694. The molecule has 0 spiro atoms. The molecular formula is C12H16N4. The van der Waals surface area contributed by atoms with Gasteiger partial charge in [0.05, 0.1) is 12.2 Å². The monoisotopic (exact) mass is 216 g/mol. The van der Waals surface area contributed by atoms with Gasteiger partial charge >= 0.3 is 0 Å². The Morgan fingerprint density at radius 2 is 1.88 bits per heavy atom. The van der Waals surface area contributed by atoms with Gasteiger partial charge in [-0.1, -0.05) is 17.7 Å². The Morgan fingerprint density at radius 3 is 2.50 bits per heavy atom. The number of rotatable bonds is 3. The van der Waals surface area contributed by atoms with Gasteiger partial charge in [0, 0.05) is 0 Å². The number of benzene rings is 1. The Labute approximate surface area is 95.3 Å². The molecule has 0 aliphatic carbocycles. The van der Waals surface area contributed by atoms with E-state index in [1.54, 1.807) is 0 Å². The van der Waals surface area contributed by atoms with E-state index in [2.05, 4.69) is 46.6 Å². The van der Waals surface area contributed by atoms with Crippen LogP contribution in [0.3, 0.4) is 0 Å². The zero-order valence-corrected chi connectivity index (χ0v) is 9.86. The van der Waals surface area contributed by atoms with Crippen molar-refractivity contribution in [3.8, 4) is 5.69 Å². The highest BCUT2D eigenvalue weighted by molar-refractivity contribution is 5.34. The van der Waals surface area contributed by atoms with Gasteiger partial charge in [-0.3, -0.25) is 0 Å². The summed E-state index contributed by atoms with van der Waals surface area (Å²) in [5.74, 6) is 1.73. The highest BCUT2D eigenvalue weighted by Gasteiger charge is 2.06. The summed E-state index contributed by atoms with van der Waals surface area (Å²) in [6, 6.07) is 8.27. The smallest absolute Gasteiger partial charge is 0.165 e. The first-order valence-electron chi connectivity index (χ1n) is 5.35. The second-order valence-electron chi connectivity index (χ2n) is 3.85. The summed E-state index contributed by atoms with van der Waals surface area (Å²) in [7, 11) is 1.89. The largest absolute Gasteiger partial charge is 0.313 e. The van der Waals surface area contributed by atoms with Gasteiger partial charge in [0.15, 0.2) is 5.82 Å². The van der Waals surface area contributed by atoms with Crippen LogP contribution in [0.4, 0.5) is 0 Å². The third-order valence-electron chi connectivity index (χ3n) is 2.43. The fraction of sp³-hybridized carbons (Fsp3) is 0.333. The average molecular weight is 216 g/mol. The van der Waals surface area contributed by atoms with Crippen molar-refractivity contribution in [2.45, 2.75) is 20.4 Å². The van der Waals surface area contributed by atoms with Crippen molar-refractivity contribution >= 4 is 0 Å². The Bertz CT molecular complexity index is 470. The maximum atomic E-state index is 4.44. The van der Waals surface area contributed by atoms with Crippen molar-refractivity contribution in [1.29, 1.82) is 0 Å². The number of hydrogen-bond donors (Lipinski definition) is 1. The fourth-order valence-electron chi connectivity index (χ4n) is 1.61. The van der Waals surface area contributed by atoms with Crippen molar-refractivity contribution in [3.05, 3.63) is 41.5 Å². The van der Waals surface area contributed by atoms with Crippen LogP contribution in [0.15, 0.2) is 24.3 Å². The lowest BCUT2D eigenvalue weighted by molar-refractivity contribution is 0.743. The van der Waals surface area contributed by atoms with Gasteiger partial charge < -0.3 is 5.32 Å². The molecule has 1 heterocycles. The van der Waals surface area contributed by atoms with Crippen LogP contribution in [0.5, 0.6) is 0 Å². The quantitative estimate of drug-likeness (QED) is 0.847. The SMILES string of the molecule is CNCc1nc(C)n(-c2ccc(C)cc2)n1. The molecule has 0 bridgehead atoms. The molecule has 16 heavy (non-hydrogen) atoms. The third-order valence-corrected chi connectivity index (χ3v) is 2.43. The second kappa shape index (κ2) is 4.45. The van der Waals surface area contributed by atoms with E-state index >= 15 is 0 Å². The molecule has 0 saturated heterocycles. The summed E-state index contributed by atoms with van der Waals surface area (Å²) in [6.07, 6.45) is 0. The van der Waals surface area contributed by atoms with Crippen LogP contribution in [0.25, 0.3) is 5.69 Å². The van der Waals surface area contributed by atoms with Crippen molar-refractivity contribution in [3.63, 3.8) is 0 Å². The predicted octanol–water partition coefficient (Wildman–Crippen LogP) is 1.60. The van der Waals surface area contributed by atoms with Gasteiger partial charge in [-0.2, -0.15) is 0 Å². The van der Waals surface area contributed by atoms with E-state index in [0.29, 0.717) is 6.54 Å². The van der Waals surface area contributed by atoms with Crippen LogP contribution in [0.1, 0.15) is 17.2 Å². The Morgan fingerprint density at radius 1 is 1.19 bits per heavy atom. The van der Waals surface area contributed by atoms with Gasteiger partial charge in [0.25, 0.3) is 0 Å². The Kier molecular flexibility index (Phi) is 3.01. The standard InChI is InChI=1S/C12H16N4/c1-9-4-6-11(7-5-9)16-10(2)14-12(15-16)8-13-3/h4-7,13H,8H2,1-3H3. The molecular weight excluding hydrogens is 200 g/mol. The normalized spacial score (nSPS) is 10.7.